The predicted molar refractivity (Wildman–Crippen MR) is 82.4 cm³/mol. The molecular formula is C14H19BrO10. The van der Waals surface area contributed by atoms with Gasteiger partial charge >= 0.3 is 0 Å². The summed E-state index contributed by atoms with van der Waals surface area (Å²) in [5.74, 6) is -9.50. The molecule has 0 radical (unpaired) electrons. The highest BCUT2D eigenvalue weighted by Gasteiger charge is 2.87. The van der Waals surface area contributed by atoms with Crippen LogP contribution in [0, 0.1) is 0 Å². The fourth-order valence-electron chi connectivity index (χ4n) is 3.15. The molecule has 0 aromatic heterocycles. The second-order valence-corrected chi connectivity index (χ2v) is 7.27. The predicted octanol–water partition coefficient (Wildman–Crippen LogP) is -2.66. The Kier molecular flexibility index (Phi) is 5.25. The van der Waals surface area contributed by atoms with Gasteiger partial charge in [0.25, 0.3) is 5.79 Å². The highest BCUT2D eigenvalue weighted by Crippen LogP contribution is 2.56. The summed E-state index contributed by atoms with van der Waals surface area (Å²) in [6.45, 7) is 1.21. The first-order chi connectivity index (χ1) is 11.0. The SMILES string of the molecule is CC(=O)[C@]1(O)[C@](O)(C(C)=O)[C@@](Br)(CO)O[C@](O)(C(C)=O)[C@]1(O)C(C)=O. The summed E-state index contributed by atoms with van der Waals surface area (Å²) in [5, 5.41) is 52.8. The molecule has 0 spiro atoms. The minimum Gasteiger partial charge on any atom is -0.392 e. The van der Waals surface area contributed by atoms with Crippen molar-refractivity contribution < 1.29 is 49.4 Å². The van der Waals surface area contributed by atoms with Crippen LogP contribution in [0.5, 0.6) is 0 Å². The van der Waals surface area contributed by atoms with Crippen LogP contribution in [-0.4, -0.2) is 82.4 Å². The second kappa shape index (κ2) is 5.98. The van der Waals surface area contributed by atoms with E-state index in [4.69, 9.17) is 4.74 Å². The molecule has 1 fully saturated rings. The Hall–Kier alpha value is -1.08. The quantitative estimate of drug-likeness (QED) is 0.291. The van der Waals surface area contributed by atoms with Gasteiger partial charge in [-0.15, -0.1) is 0 Å². The van der Waals surface area contributed by atoms with Crippen LogP contribution in [0.1, 0.15) is 27.7 Å². The number of hydrogen-bond acceptors (Lipinski definition) is 10. The molecule has 1 aliphatic rings. The van der Waals surface area contributed by atoms with Gasteiger partial charge in [0, 0.05) is 6.92 Å². The summed E-state index contributed by atoms with van der Waals surface area (Å²) in [6.07, 6.45) is 0. The van der Waals surface area contributed by atoms with Crippen molar-refractivity contribution in [2.24, 2.45) is 0 Å². The highest BCUT2D eigenvalue weighted by atomic mass is 79.9. The molecular weight excluding hydrogens is 408 g/mol. The lowest BCUT2D eigenvalue weighted by atomic mass is 9.57. The molecule has 0 bridgehead atoms. The van der Waals surface area contributed by atoms with Crippen LogP contribution < -0.4 is 0 Å². The van der Waals surface area contributed by atoms with E-state index in [1.165, 1.54) is 0 Å². The first-order valence-electron chi connectivity index (χ1n) is 6.98. The Balaban J connectivity index is 4.19. The molecule has 1 rings (SSSR count). The number of hydrogen-bond donors (Lipinski definition) is 5. The van der Waals surface area contributed by atoms with Gasteiger partial charge in [0.15, 0.2) is 27.6 Å². The van der Waals surface area contributed by atoms with Crippen LogP contribution in [0.15, 0.2) is 0 Å². The number of Topliss-reactive ketones (excluding diaryl/α,β-unsaturated/α-hetero) is 4. The average molecular weight is 427 g/mol. The Morgan fingerprint density at radius 2 is 1.12 bits per heavy atom. The summed E-state index contributed by atoms with van der Waals surface area (Å²) in [5.41, 5.74) is -11.0. The van der Waals surface area contributed by atoms with Gasteiger partial charge < -0.3 is 30.3 Å². The lowest BCUT2D eigenvalue weighted by Crippen LogP contribution is -2.92. The first kappa shape index (κ1) is 22.0. The van der Waals surface area contributed by atoms with E-state index in [0.717, 1.165) is 0 Å². The smallest absolute Gasteiger partial charge is 0.268 e. The van der Waals surface area contributed by atoms with E-state index < -0.39 is 56.8 Å². The molecule has 5 N–H and O–H groups in total. The van der Waals surface area contributed by atoms with Crippen molar-refractivity contribution in [1.29, 1.82) is 0 Å². The Morgan fingerprint density at radius 3 is 1.36 bits per heavy atom. The van der Waals surface area contributed by atoms with Crippen molar-refractivity contribution in [2.75, 3.05) is 6.61 Å². The minimum absolute atomic E-state index is 0.603. The third kappa shape index (κ3) is 2.17. The number of aliphatic hydroxyl groups is 5. The summed E-state index contributed by atoms with van der Waals surface area (Å²) in [6, 6.07) is 0. The van der Waals surface area contributed by atoms with Crippen molar-refractivity contribution in [3.05, 3.63) is 0 Å². The molecule has 10 nitrogen and oxygen atoms in total. The molecule has 0 amide bonds. The molecule has 5 atom stereocenters. The molecule has 1 saturated heterocycles. The number of ketones is 4. The summed E-state index contributed by atoms with van der Waals surface area (Å²) >= 11 is 2.62. The van der Waals surface area contributed by atoms with Gasteiger partial charge in [0.2, 0.25) is 16.8 Å². The fraction of sp³-hybridized carbons (Fsp3) is 0.714. The third-order valence-electron chi connectivity index (χ3n) is 4.60. The minimum atomic E-state index is -3.76. The molecule has 1 aliphatic heterocycles. The van der Waals surface area contributed by atoms with Crippen LogP contribution in [0.3, 0.4) is 0 Å². The van der Waals surface area contributed by atoms with E-state index in [9.17, 15) is 44.7 Å². The molecule has 0 aliphatic carbocycles. The maximum Gasteiger partial charge on any atom is 0.268 e. The highest BCUT2D eigenvalue weighted by molar-refractivity contribution is 9.10. The van der Waals surface area contributed by atoms with Crippen LogP contribution in [0.25, 0.3) is 0 Å². The Labute approximate surface area is 150 Å². The van der Waals surface area contributed by atoms with Gasteiger partial charge in [-0.3, -0.25) is 19.2 Å². The largest absolute Gasteiger partial charge is 0.392 e. The van der Waals surface area contributed by atoms with Crippen molar-refractivity contribution in [1.82, 2.24) is 0 Å². The van der Waals surface area contributed by atoms with Crippen LogP contribution in [0.4, 0.5) is 0 Å². The first-order valence-corrected chi connectivity index (χ1v) is 7.77. The van der Waals surface area contributed by atoms with Crippen LogP contribution in [-0.2, 0) is 23.9 Å². The van der Waals surface area contributed by atoms with E-state index in [-0.39, 0.29) is 0 Å². The zero-order chi connectivity index (χ0) is 20.2. The summed E-state index contributed by atoms with van der Waals surface area (Å²) in [7, 11) is 0. The van der Waals surface area contributed by atoms with Crippen LogP contribution in [0.2, 0.25) is 0 Å². The van der Waals surface area contributed by atoms with E-state index in [0.29, 0.717) is 27.7 Å². The molecule has 0 aromatic carbocycles. The van der Waals surface area contributed by atoms with E-state index in [1.807, 2.05) is 0 Å². The molecule has 11 heteroatoms. The number of alkyl halides is 1. The monoisotopic (exact) mass is 426 g/mol. The van der Waals surface area contributed by atoms with Crippen molar-refractivity contribution >= 4 is 39.1 Å². The summed E-state index contributed by atoms with van der Waals surface area (Å²) in [4.78, 5) is 48.4. The molecule has 142 valence electrons. The molecule has 25 heavy (non-hydrogen) atoms. The third-order valence-corrected chi connectivity index (χ3v) is 5.58. The zero-order valence-corrected chi connectivity index (χ0v) is 15.4. The van der Waals surface area contributed by atoms with Gasteiger partial charge in [0.05, 0.1) is 6.61 Å². The number of halogens is 1. The van der Waals surface area contributed by atoms with Crippen molar-refractivity contribution in [2.45, 2.75) is 54.8 Å². The maximum absolute atomic E-state index is 12.2. The number of aliphatic hydroxyl groups excluding tert-OH is 1. The number of carbonyl (C=O) groups is 4. The molecule has 0 unspecified atom stereocenters. The number of carbonyl (C=O) groups excluding carboxylic acids is 4. The average Bonchev–Trinajstić information content (AvgIpc) is 2.49. The van der Waals surface area contributed by atoms with E-state index in [2.05, 4.69) is 15.9 Å². The Bertz CT molecular complexity index is 664. The van der Waals surface area contributed by atoms with Gasteiger partial charge in [-0.1, -0.05) is 0 Å². The van der Waals surface area contributed by atoms with Gasteiger partial charge in [0.1, 0.15) is 0 Å². The normalized spacial score (nSPS) is 44.2. The van der Waals surface area contributed by atoms with E-state index >= 15 is 0 Å². The van der Waals surface area contributed by atoms with Crippen molar-refractivity contribution in [3.63, 3.8) is 0 Å². The lowest BCUT2D eigenvalue weighted by Gasteiger charge is -2.62. The zero-order valence-electron chi connectivity index (χ0n) is 13.9. The standard InChI is InChI=1S/C14H19BrO10/c1-6(17)11(21)10(15,5-16)25-14(24,9(4)20)13(23,8(3)19)12(11,22)7(2)18/h16,21-24H,5H2,1-4H3/t10-,11+,12+,13+,14-/m1/s1. The fourth-order valence-corrected chi connectivity index (χ4v) is 3.95. The molecule has 1 heterocycles. The lowest BCUT2D eigenvalue weighted by molar-refractivity contribution is -0.397. The van der Waals surface area contributed by atoms with Gasteiger partial charge in [-0.25, -0.2) is 0 Å². The second-order valence-electron chi connectivity index (χ2n) is 5.99. The van der Waals surface area contributed by atoms with Crippen LogP contribution >= 0.6 is 15.9 Å². The van der Waals surface area contributed by atoms with Crippen molar-refractivity contribution in [3.8, 4) is 0 Å². The van der Waals surface area contributed by atoms with Gasteiger partial charge in [-0.2, -0.15) is 0 Å². The topological polar surface area (TPSA) is 179 Å². The number of ether oxygens (including phenoxy) is 1. The van der Waals surface area contributed by atoms with Gasteiger partial charge in [-0.05, 0) is 36.7 Å². The summed E-state index contributed by atoms with van der Waals surface area (Å²) < 4.78 is 2.08. The number of rotatable bonds is 5. The molecule has 0 saturated carbocycles. The maximum atomic E-state index is 12.2. The van der Waals surface area contributed by atoms with E-state index in [1.54, 1.807) is 0 Å². The Morgan fingerprint density at radius 1 is 0.760 bits per heavy atom. The molecule has 0 aromatic rings.